The molecule has 2 heterocycles. The lowest BCUT2D eigenvalue weighted by atomic mass is 9.87. The fraction of sp³-hybridized carbons (Fsp3) is 0.250. The molecule has 0 radical (unpaired) electrons. The van der Waals surface area contributed by atoms with Gasteiger partial charge in [-0.25, -0.2) is 8.42 Å². The third-order valence-electron chi connectivity index (χ3n) is 5.42. The maximum atomic E-state index is 12.9. The molecule has 7 heteroatoms. The van der Waals surface area contributed by atoms with Gasteiger partial charge in [-0.15, -0.1) is 0 Å². The smallest absolute Gasteiger partial charge is 0.261 e. The van der Waals surface area contributed by atoms with E-state index in [-0.39, 0.29) is 16.2 Å². The van der Waals surface area contributed by atoms with Crippen LogP contribution < -0.4 is 9.62 Å². The maximum absolute atomic E-state index is 12.9. The summed E-state index contributed by atoms with van der Waals surface area (Å²) in [5, 5.41) is 0. The van der Waals surface area contributed by atoms with Gasteiger partial charge in [0.05, 0.1) is 16.1 Å². The van der Waals surface area contributed by atoms with E-state index in [2.05, 4.69) is 30.5 Å². The van der Waals surface area contributed by atoms with Crippen molar-refractivity contribution in [1.82, 2.24) is 4.98 Å². The minimum atomic E-state index is -3.75. The van der Waals surface area contributed by atoms with Gasteiger partial charge in [0.15, 0.2) is 0 Å². The number of hydrogen-bond acceptors (Lipinski definition) is 4. The Hall–Kier alpha value is -3.19. The summed E-state index contributed by atoms with van der Waals surface area (Å²) in [6.07, 6.45) is 3.88. The molecule has 0 atom stereocenters. The monoisotopic (exact) mass is 435 g/mol. The molecule has 1 amide bonds. The summed E-state index contributed by atoms with van der Waals surface area (Å²) < 4.78 is 28.4. The molecule has 1 aliphatic rings. The Morgan fingerprint density at radius 1 is 1.06 bits per heavy atom. The van der Waals surface area contributed by atoms with E-state index >= 15 is 0 Å². The minimum Gasteiger partial charge on any atom is -0.308 e. The molecule has 0 saturated heterocycles. The second-order valence-corrected chi connectivity index (χ2v) is 10.4. The van der Waals surface area contributed by atoms with Crippen molar-refractivity contribution in [2.45, 2.75) is 37.5 Å². The Kier molecular flexibility index (Phi) is 5.31. The molecule has 0 bridgehead atoms. The van der Waals surface area contributed by atoms with Crippen molar-refractivity contribution in [2.24, 2.45) is 0 Å². The number of amides is 1. The number of benzene rings is 2. The zero-order chi connectivity index (χ0) is 22.2. The minimum absolute atomic E-state index is 0.0556. The van der Waals surface area contributed by atoms with E-state index in [9.17, 15) is 13.2 Å². The Morgan fingerprint density at radius 3 is 2.45 bits per heavy atom. The van der Waals surface area contributed by atoms with Crippen LogP contribution in [0.3, 0.4) is 0 Å². The van der Waals surface area contributed by atoms with Crippen LogP contribution in [0.4, 0.5) is 11.4 Å². The summed E-state index contributed by atoms with van der Waals surface area (Å²) in [6, 6.07) is 15.7. The summed E-state index contributed by atoms with van der Waals surface area (Å²) in [5.74, 6) is -0.148. The molecule has 0 aliphatic carbocycles. The molecule has 1 aliphatic heterocycles. The molecule has 3 aromatic rings. The highest BCUT2D eigenvalue weighted by molar-refractivity contribution is 7.92. The quantitative estimate of drug-likeness (QED) is 0.659. The Bertz CT molecular complexity index is 1220. The van der Waals surface area contributed by atoms with Gasteiger partial charge in [0.25, 0.3) is 15.9 Å². The number of pyridine rings is 1. The van der Waals surface area contributed by atoms with Crippen LogP contribution in [0.2, 0.25) is 0 Å². The highest BCUT2D eigenvalue weighted by Crippen LogP contribution is 2.33. The average Bonchev–Trinajstić information content (AvgIpc) is 3.16. The number of anilines is 2. The van der Waals surface area contributed by atoms with Gasteiger partial charge in [-0.2, -0.15) is 0 Å². The number of rotatable bonds is 4. The zero-order valence-electron chi connectivity index (χ0n) is 17.8. The first-order valence-corrected chi connectivity index (χ1v) is 11.6. The van der Waals surface area contributed by atoms with Crippen LogP contribution >= 0.6 is 0 Å². The van der Waals surface area contributed by atoms with Gasteiger partial charge in [0, 0.05) is 24.6 Å². The van der Waals surface area contributed by atoms with Crippen LogP contribution in [0.15, 0.2) is 71.9 Å². The molecule has 31 heavy (non-hydrogen) atoms. The molecule has 0 spiro atoms. The molecular formula is C24H25N3O3S. The van der Waals surface area contributed by atoms with Crippen LogP contribution in [0, 0.1) is 0 Å². The summed E-state index contributed by atoms with van der Waals surface area (Å²) in [5.41, 5.74) is 3.66. The second-order valence-electron chi connectivity index (χ2n) is 8.67. The number of hydrogen-bond donors (Lipinski definition) is 1. The predicted molar refractivity (Wildman–Crippen MR) is 122 cm³/mol. The zero-order valence-corrected chi connectivity index (χ0v) is 18.6. The van der Waals surface area contributed by atoms with Crippen molar-refractivity contribution in [2.75, 3.05) is 16.2 Å². The lowest BCUT2D eigenvalue weighted by Gasteiger charge is -2.19. The first-order chi connectivity index (χ1) is 14.6. The molecule has 0 saturated carbocycles. The van der Waals surface area contributed by atoms with Gasteiger partial charge in [-0.1, -0.05) is 39.0 Å². The fourth-order valence-electron chi connectivity index (χ4n) is 3.65. The third-order valence-corrected chi connectivity index (χ3v) is 6.81. The largest absolute Gasteiger partial charge is 0.308 e. The number of sulfonamides is 1. The molecule has 1 N–H and O–H groups in total. The lowest BCUT2D eigenvalue weighted by molar-refractivity contribution is 0.0989. The molecule has 0 unspecified atom stereocenters. The first kappa shape index (κ1) is 21.1. The van der Waals surface area contributed by atoms with Crippen LogP contribution in [0.25, 0.3) is 0 Å². The van der Waals surface area contributed by atoms with Crippen LogP contribution in [0.1, 0.15) is 42.3 Å². The van der Waals surface area contributed by atoms with Crippen molar-refractivity contribution in [3.05, 3.63) is 83.7 Å². The van der Waals surface area contributed by atoms with E-state index in [1.807, 2.05) is 18.2 Å². The second kappa shape index (κ2) is 7.81. The van der Waals surface area contributed by atoms with Gasteiger partial charge in [0.1, 0.15) is 0 Å². The van der Waals surface area contributed by atoms with E-state index in [1.54, 1.807) is 47.5 Å². The van der Waals surface area contributed by atoms with E-state index < -0.39 is 10.0 Å². The molecule has 160 valence electrons. The van der Waals surface area contributed by atoms with Gasteiger partial charge < -0.3 is 4.90 Å². The number of aromatic nitrogens is 1. The SMILES string of the molecule is CC(C)(C)c1ccc(S(=O)(=O)Nc2ccc3c(c2)N(C(=O)c2cccnc2)CC3)cc1. The highest BCUT2D eigenvalue weighted by atomic mass is 32.2. The fourth-order valence-corrected chi connectivity index (χ4v) is 4.70. The highest BCUT2D eigenvalue weighted by Gasteiger charge is 2.27. The normalized spacial score (nSPS) is 13.7. The Morgan fingerprint density at radius 2 is 1.81 bits per heavy atom. The molecule has 0 fully saturated rings. The summed E-state index contributed by atoms with van der Waals surface area (Å²) in [4.78, 5) is 18.8. The van der Waals surface area contributed by atoms with Crippen LogP contribution in [-0.4, -0.2) is 25.9 Å². The van der Waals surface area contributed by atoms with Crippen molar-refractivity contribution in [1.29, 1.82) is 0 Å². The van der Waals surface area contributed by atoms with E-state index in [0.717, 1.165) is 23.2 Å². The standard InChI is InChI=1S/C24H25N3O3S/c1-24(2,3)19-7-10-21(11-8-19)31(29,30)26-20-9-6-17-12-14-27(22(17)15-20)23(28)18-5-4-13-25-16-18/h4-11,13,15-16,26H,12,14H2,1-3H3. The molecule has 6 nitrogen and oxygen atoms in total. The maximum Gasteiger partial charge on any atom is 0.261 e. The van der Waals surface area contributed by atoms with Crippen molar-refractivity contribution < 1.29 is 13.2 Å². The van der Waals surface area contributed by atoms with Gasteiger partial charge >= 0.3 is 0 Å². The molecule has 4 rings (SSSR count). The number of carbonyl (C=O) groups is 1. The Labute approximate surface area is 183 Å². The number of carbonyl (C=O) groups excluding carboxylic acids is 1. The van der Waals surface area contributed by atoms with Gasteiger partial charge in [-0.05, 0) is 59.4 Å². The van der Waals surface area contributed by atoms with Crippen molar-refractivity contribution >= 4 is 27.3 Å². The van der Waals surface area contributed by atoms with E-state index in [4.69, 9.17) is 0 Å². The van der Waals surface area contributed by atoms with E-state index in [1.165, 1.54) is 6.20 Å². The molecule has 2 aromatic carbocycles. The van der Waals surface area contributed by atoms with Crippen LogP contribution in [-0.2, 0) is 21.9 Å². The number of nitrogens with one attached hydrogen (secondary N) is 1. The predicted octanol–water partition coefficient (Wildman–Crippen LogP) is 4.38. The lowest BCUT2D eigenvalue weighted by Crippen LogP contribution is -2.29. The topological polar surface area (TPSA) is 79.4 Å². The third kappa shape index (κ3) is 4.32. The van der Waals surface area contributed by atoms with Crippen molar-refractivity contribution in [3.8, 4) is 0 Å². The molecular weight excluding hydrogens is 410 g/mol. The number of fused-ring (bicyclic) bond motifs is 1. The van der Waals surface area contributed by atoms with Crippen LogP contribution in [0.5, 0.6) is 0 Å². The molecule has 1 aromatic heterocycles. The Balaban J connectivity index is 1.59. The van der Waals surface area contributed by atoms with Gasteiger partial charge in [-0.3, -0.25) is 14.5 Å². The summed E-state index contributed by atoms with van der Waals surface area (Å²) in [7, 11) is -3.75. The van der Waals surface area contributed by atoms with Gasteiger partial charge in [0.2, 0.25) is 0 Å². The number of nitrogens with zero attached hydrogens (tertiary/aromatic N) is 2. The summed E-state index contributed by atoms with van der Waals surface area (Å²) >= 11 is 0. The average molecular weight is 436 g/mol. The van der Waals surface area contributed by atoms with Crippen molar-refractivity contribution in [3.63, 3.8) is 0 Å². The van der Waals surface area contributed by atoms with E-state index in [0.29, 0.717) is 17.8 Å². The first-order valence-electron chi connectivity index (χ1n) is 10.1. The summed E-state index contributed by atoms with van der Waals surface area (Å²) in [6.45, 7) is 6.79.